The van der Waals surface area contributed by atoms with E-state index in [1.54, 1.807) is 0 Å². The number of carbonyl (C=O) groups is 1. The number of piperidine rings is 1. The van der Waals surface area contributed by atoms with Gasteiger partial charge >= 0.3 is 0 Å². The van der Waals surface area contributed by atoms with Crippen molar-refractivity contribution < 1.29 is 4.79 Å². The lowest BCUT2D eigenvalue weighted by Gasteiger charge is -2.24. The van der Waals surface area contributed by atoms with Crippen molar-refractivity contribution in [2.45, 2.75) is 12.8 Å². The van der Waals surface area contributed by atoms with Gasteiger partial charge in [0.2, 0.25) is 0 Å². The molecule has 1 rings (SSSR count). The van der Waals surface area contributed by atoms with Gasteiger partial charge < -0.3 is 4.90 Å². The zero-order valence-corrected chi connectivity index (χ0v) is 6.94. The molecule has 0 aromatic heterocycles. The summed E-state index contributed by atoms with van der Waals surface area (Å²) in [5.41, 5.74) is 0. The molecule has 0 unspecified atom stereocenters. The molecule has 0 aliphatic carbocycles. The Kier molecular flexibility index (Phi) is 3.22. The topological polar surface area (TPSA) is 20.3 Å². The highest BCUT2D eigenvalue weighted by Gasteiger charge is 2.14. The summed E-state index contributed by atoms with van der Waals surface area (Å²) in [6, 6.07) is 0. The van der Waals surface area contributed by atoms with Gasteiger partial charge in [0.1, 0.15) is 5.78 Å². The number of hydrogen-bond donors (Lipinski definition) is 1. The van der Waals surface area contributed by atoms with E-state index in [0.717, 1.165) is 38.2 Å². The van der Waals surface area contributed by atoms with Gasteiger partial charge in [-0.05, 0) is 0 Å². The van der Waals surface area contributed by atoms with Crippen molar-refractivity contribution in [3.05, 3.63) is 0 Å². The van der Waals surface area contributed by atoms with Gasteiger partial charge in [-0.1, -0.05) is 0 Å². The lowest BCUT2D eigenvalue weighted by Crippen LogP contribution is -2.35. The Morgan fingerprint density at radius 1 is 1.40 bits per heavy atom. The van der Waals surface area contributed by atoms with Crippen LogP contribution in [0.3, 0.4) is 0 Å². The van der Waals surface area contributed by atoms with Crippen LogP contribution in [0.2, 0.25) is 0 Å². The fraction of sp³-hybridized carbons (Fsp3) is 0.857. The Morgan fingerprint density at radius 2 is 2.00 bits per heavy atom. The molecule has 0 N–H and O–H groups in total. The Hall–Kier alpha value is -0.0200. The maximum Gasteiger partial charge on any atom is 0.135 e. The molecule has 0 amide bonds. The number of ketones is 1. The minimum Gasteiger partial charge on any atom is -0.302 e. The third-order valence-corrected chi connectivity index (χ3v) is 2.03. The first-order chi connectivity index (χ1) is 4.83. The van der Waals surface area contributed by atoms with Crippen molar-refractivity contribution in [1.29, 1.82) is 0 Å². The van der Waals surface area contributed by atoms with Gasteiger partial charge in [-0.15, -0.1) is 0 Å². The smallest absolute Gasteiger partial charge is 0.135 e. The number of nitrogens with zero attached hydrogens (tertiary/aromatic N) is 1. The average Bonchev–Trinajstić information content (AvgIpc) is 1.95. The molecule has 1 aliphatic rings. The van der Waals surface area contributed by atoms with E-state index in [9.17, 15) is 4.79 Å². The summed E-state index contributed by atoms with van der Waals surface area (Å²) in [5.74, 6) is 1.31. The summed E-state index contributed by atoms with van der Waals surface area (Å²) in [4.78, 5) is 13.1. The van der Waals surface area contributed by atoms with Crippen LogP contribution in [0, 0.1) is 0 Å². The molecule has 58 valence electrons. The van der Waals surface area contributed by atoms with E-state index < -0.39 is 0 Å². The molecule has 0 aromatic carbocycles. The Bertz CT molecular complexity index is 117. The van der Waals surface area contributed by atoms with Crippen molar-refractivity contribution in [2.75, 3.05) is 25.4 Å². The number of rotatable bonds is 2. The van der Waals surface area contributed by atoms with Crippen molar-refractivity contribution in [1.82, 2.24) is 4.90 Å². The maximum atomic E-state index is 10.8. The maximum absolute atomic E-state index is 10.8. The molecule has 1 saturated heterocycles. The van der Waals surface area contributed by atoms with Crippen molar-refractivity contribution in [3.63, 3.8) is 0 Å². The number of carbonyl (C=O) groups excluding carboxylic acids is 1. The summed E-state index contributed by atoms with van der Waals surface area (Å²) >= 11 is 4.13. The second kappa shape index (κ2) is 3.98. The van der Waals surface area contributed by atoms with E-state index in [1.165, 1.54) is 0 Å². The van der Waals surface area contributed by atoms with Gasteiger partial charge in [0, 0.05) is 38.2 Å². The van der Waals surface area contributed by atoms with Crippen molar-refractivity contribution >= 4 is 18.4 Å². The zero-order chi connectivity index (χ0) is 7.40. The van der Waals surface area contributed by atoms with E-state index in [4.69, 9.17) is 0 Å². The minimum absolute atomic E-state index is 0.412. The molecular formula is C7H13NOS. The number of likely N-dealkylation sites (tertiary alicyclic amines) is 1. The van der Waals surface area contributed by atoms with E-state index in [-0.39, 0.29) is 0 Å². The molecule has 0 radical (unpaired) electrons. The first-order valence-electron chi connectivity index (χ1n) is 3.68. The molecule has 1 heterocycles. The van der Waals surface area contributed by atoms with Gasteiger partial charge in [-0.3, -0.25) is 4.79 Å². The van der Waals surface area contributed by atoms with Crippen LogP contribution in [-0.2, 0) is 4.79 Å². The van der Waals surface area contributed by atoms with Crippen LogP contribution in [0.25, 0.3) is 0 Å². The van der Waals surface area contributed by atoms with E-state index >= 15 is 0 Å². The van der Waals surface area contributed by atoms with E-state index in [1.807, 2.05) is 0 Å². The number of thiol groups is 1. The van der Waals surface area contributed by atoms with Gasteiger partial charge in [0.15, 0.2) is 0 Å². The van der Waals surface area contributed by atoms with Crippen LogP contribution in [0.15, 0.2) is 0 Å². The average molecular weight is 159 g/mol. The summed E-state index contributed by atoms with van der Waals surface area (Å²) in [6.45, 7) is 2.91. The molecule has 1 aliphatic heterocycles. The van der Waals surface area contributed by atoms with E-state index in [0.29, 0.717) is 5.78 Å². The zero-order valence-electron chi connectivity index (χ0n) is 6.05. The predicted molar refractivity (Wildman–Crippen MR) is 44.5 cm³/mol. The quantitative estimate of drug-likeness (QED) is 0.595. The summed E-state index contributed by atoms with van der Waals surface area (Å²) in [5, 5.41) is 0. The Morgan fingerprint density at radius 3 is 2.50 bits per heavy atom. The van der Waals surface area contributed by atoms with Crippen LogP contribution in [0.5, 0.6) is 0 Å². The standard InChI is InChI=1S/C7H13NOS/c9-7-1-3-8(4-2-7)5-6-10/h10H,1-6H2. The molecule has 0 atom stereocenters. The van der Waals surface area contributed by atoms with Gasteiger partial charge in [-0.2, -0.15) is 12.6 Å². The van der Waals surface area contributed by atoms with E-state index in [2.05, 4.69) is 17.5 Å². The SMILES string of the molecule is O=C1CCN(CCS)CC1. The molecule has 1 fully saturated rings. The molecule has 0 saturated carbocycles. The molecule has 0 aromatic rings. The fourth-order valence-corrected chi connectivity index (χ4v) is 1.45. The monoisotopic (exact) mass is 159 g/mol. The lowest BCUT2D eigenvalue weighted by atomic mass is 10.1. The second-order valence-corrected chi connectivity index (χ2v) is 3.05. The first-order valence-corrected chi connectivity index (χ1v) is 4.31. The molecule has 10 heavy (non-hydrogen) atoms. The second-order valence-electron chi connectivity index (χ2n) is 2.60. The molecule has 0 bridgehead atoms. The minimum atomic E-state index is 0.412. The highest BCUT2D eigenvalue weighted by atomic mass is 32.1. The van der Waals surface area contributed by atoms with Crippen LogP contribution >= 0.6 is 12.6 Å². The van der Waals surface area contributed by atoms with Gasteiger partial charge in [0.25, 0.3) is 0 Å². The predicted octanol–water partition coefficient (Wildman–Crippen LogP) is 0.581. The summed E-state index contributed by atoms with van der Waals surface area (Å²) < 4.78 is 0. The summed E-state index contributed by atoms with van der Waals surface area (Å²) in [6.07, 6.45) is 1.49. The largest absolute Gasteiger partial charge is 0.302 e. The lowest BCUT2D eigenvalue weighted by molar-refractivity contribution is -0.121. The fourth-order valence-electron chi connectivity index (χ4n) is 1.17. The highest BCUT2D eigenvalue weighted by molar-refractivity contribution is 7.80. The Labute approximate surface area is 67.0 Å². The third kappa shape index (κ3) is 2.31. The molecular weight excluding hydrogens is 146 g/mol. The first kappa shape index (κ1) is 8.08. The van der Waals surface area contributed by atoms with Crippen molar-refractivity contribution in [3.8, 4) is 0 Å². The van der Waals surface area contributed by atoms with Crippen molar-refractivity contribution in [2.24, 2.45) is 0 Å². The van der Waals surface area contributed by atoms with Gasteiger partial charge in [0.05, 0.1) is 0 Å². The molecule has 3 heteroatoms. The molecule has 0 spiro atoms. The van der Waals surface area contributed by atoms with Gasteiger partial charge in [-0.25, -0.2) is 0 Å². The molecule has 2 nitrogen and oxygen atoms in total. The number of hydrogen-bond acceptors (Lipinski definition) is 3. The van der Waals surface area contributed by atoms with Crippen LogP contribution in [0.4, 0.5) is 0 Å². The van der Waals surface area contributed by atoms with Crippen LogP contribution in [-0.4, -0.2) is 36.1 Å². The Balaban J connectivity index is 2.19. The normalized spacial score (nSPS) is 21.5. The van der Waals surface area contributed by atoms with Crippen LogP contribution < -0.4 is 0 Å². The third-order valence-electron chi connectivity index (χ3n) is 1.83. The number of Topliss-reactive ketones (excluding diaryl/α,β-unsaturated/α-hetero) is 1. The highest BCUT2D eigenvalue weighted by Crippen LogP contribution is 2.04. The summed E-state index contributed by atoms with van der Waals surface area (Å²) in [7, 11) is 0. The van der Waals surface area contributed by atoms with Crippen LogP contribution in [0.1, 0.15) is 12.8 Å².